The number of rotatable bonds is 3. The Hall–Kier alpha value is -1.01. The highest BCUT2D eigenvalue weighted by molar-refractivity contribution is 9.10. The molecule has 6 heteroatoms. The molecule has 2 heterocycles. The predicted octanol–water partition coefficient (Wildman–Crippen LogP) is 3.18. The van der Waals surface area contributed by atoms with E-state index in [-0.39, 0.29) is 6.04 Å². The van der Waals surface area contributed by atoms with Gasteiger partial charge in [-0.15, -0.1) is 11.3 Å². The molecular weight excluding hydrogens is 288 g/mol. The van der Waals surface area contributed by atoms with E-state index in [1.165, 1.54) is 0 Å². The van der Waals surface area contributed by atoms with Crippen molar-refractivity contribution in [2.75, 3.05) is 5.32 Å². The first-order valence-electron chi connectivity index (χ1n) is 4.81. The molecule has 0 aliphatic carbocycles. The van der Waals surface area contributed by atoms with Crippen molar-refractivity contribution in [1.82, 2.24) is 15.0 Å². The van der Waals surface area contributed by atoms with Gasteiger partial charge in [0.2, 0.25) is 5.95 Å². The zero-order valence-electron chi connectivity index (χ0n) is 8.94. The summed E-state index contributed by atoms with van der Waals surface area (Å²) in [6, 6.07) is 0.125. The number of nitrogens with zero attached hydrogens (tertiary/aromatic N) is 3. The van der Waals surface area contributed by atoms with Crippen LogP contribution in [-0.4, -0.2) is 15.0 Å². The second kappa shape index (κ2) is 4.88. The number of halogens is 1. The van der Waals surface area contributed by atoms with E-state index in [2.05, 4.69) is 36.2 Å². The maximum Gasteiger partial charge on any atom is 0.223 e. The van der Waals surface area contributed by atoms with Crippen LogP contribution in [0.25, 0.3) is 0 Å². The van der Waals surface area contributed by atoms with Crippen LogP contribution in [0.15, 0.2) is 22.2 Å². The highest BCUT2D eigenvalue weighted by Crippen LogP contribution is 2.20. The molecule has 0 amide bonds. The normalized spacial score (nSPS) is 12.4. The number of hydrogen-bond donors (Lipinski definition) is 1. The number of hydrogen-bond acceptors (Lipinski definition) is 5. The zero-order valence-corrected chi connectivity index (χ0v) is 11.3. The number of nitrogens with one attached hydrogen (secondary N) is 1. The Bertz CT molecular complexity index is 468. The van der Waals surface area contributed by atoms with Gasteiger partial charge in [0.25, 0.3) is 0 Å². The molecular formula is C10H11BrN4S. The first kappa shape index (κ1) is 11.5. The standard InChI is InChI=1S/C10H11BrN4S/c1-6-5-16-9(14-6)7(2)15-10-12-3-8(11)4-13-10/h3-5,7H,1-2H3,(H,12,13,15). The molecule has 2 rings (SSSR count). The molecule has 0 aliphatic rings. The fourth-order valence-corrected chi connectivity index (χ4v) is 2.22. The minimum absolute atomic E-state index is 0.125. The maximum absolute atomic E-state index is 4.42. The van der Waals surface area contributed by atoms with Gasteiger partial charge in [-0.2, -0.15) is 0 Å². The smallest absolute Gasteiger partial charge is 0.223 e. The first-order chi connectivity index (χ1) is 7.65. The lowest BCUT2D eigenvalue weighted by Crippen LogP contribution is -2.08. The highest BCUT2D eigenvalue weighted by atomic mass is 79.9. The second-order valence-electron chi connectivity index (χ2n) is 3.42. The van der Waals surface area contributed by atoms with Crippen molar-refractivity contribution in [2.24, 2.45) is 0 Å². The lowest BCUT2D eigenvalue weighted by atomic mass is 10.3. The Labute approximate surface area is 106 Å². The molecule has 16 heavy (non-hydrogen) atoms. The lowest BCUT2D eigenvalue weighted by molar-refractivity contribution is 0.843. The minimum atomic E-state index is 0.125. The molecule has 4 nitrogen and oxygen atoms in total. The fraction of sp³-hybridized carbons (Fsp3) is 0.300. The Morgan fingerprint density at radius 3 is 2.62 bits per heavy atom. The number of thiazole rings is 1. The van der Waals surface area contributed by atoms with E-state index in [1.54, 1.807) is 23.7 Å². The largest absolute Gasteiger partial charge is 0.345 e. The predicted molar refractivity (Wildman–Crippen MR) is 68.6 cm³/mol. The van der Waals surface area contributed by atoms with Crippen LogP contribution in [0.5, 0.6) is 0 Å². The van der Waals surface area contributed by atoms with Crippen LogP contribution in [-0.2, 0) is 0 Å². The topological polar surface area (TPSA) is 50.7 Å². The monoisotopic (exact) mass is 298 g/mol. The molecule has 84 valence electrons. The van der Waals surface area contributed by atoms with Crippen molar-refractivity contribution < 1.29 is 0 Å². The molecule has 1 N–H and O–H groups in total. The van der Waals surface area contributed by atoms with Gasteiger partial charge in [-0.3, -0.25) is 0 Å². The Balaban J connectivity index is 2.07. The van der Waals surface area contributed by atoms with Gasteiger partial charge in [-0.05, 0) is 29.8 Å². The van der Waals surface area contributed by atoms with Crippen LogP contribution in [0.1, 0.15) is 23.7 Å². The van der Waals surface area contributed by atoms with Crippen molar-refractivity contribution in [1.29, 1.82) is 0 Å². The summed E-state index contributed by atoms with van der Waals surface area (Å²) >= 11 is 4.94. The van der Waals surface area contributed by atoms with Gasteiger partial charge in [-0.25, -0.2) is 15.0 Å². The van der Waals surface area contributed by atoms with E-state index in [0.29, 0.717) is 5.95 Å². The van der Waals surface area contributed by atoms with Gasteiger partial charge in [0.05, 0.1) is 10.5 Å². The van der Waals surface area contributed by atoms with Crippen molar-refractivity contribution in [3.63, 3.8) is 0 Å². The third-order valence-corrected chi connectivity index (χ3v) is 3.53. The van der Waals surface area contributed by atoms with Gasteiger partial charge in [-0.1, -0.05) is 0 Å². The number of aryl methyl sites for hydroxylation is 1. The zero-order chi connectivity index (χ0) is 11.5. The molecule has 0 saturated heterocycles. The number of aromatic nitrogens is 3. The van der Waals surface area contributed by atoms with Crippen LogP contribution in [0.2, 0.25) is 0 Å². The summed E-state index contributed by atoms with van der Waals surface area (Å²) in [7, 11) is 0. The molecule has 0 saturated carbocycles. The van der Waals surface area contributed by atoms with Gasteiger partial charge in [0, 0.05) is 23.5 Å². The summed E-state index contributed by atoms with van der Waals surface area (Å²) in [5, 5.41) is 6.29. The van der Waals surface area contributed by atoms with E-state index in [4.69, 9.17) is 0 Å². The van der Waals surface area contributed by atoms with Gasteiger partial charge < -0.3 is 5.32 Å². The summed E-state index contributed by atoms with van der Waals surface area (Å²) in [5.74, 6) is 0.614. The first-order valence-corrected chi connectivity index (χ1v) is 6.48. The summed E-state index contributed by atoms with van der Waals surface area (Å²) < 4.78 is 0.871. The maximum atomic E-state index is 4.42. The van der Waals surface area contributed by atoms with Crippen LogP contribution >= 0.6 is 27.3 Å². The fourth-order valence-electron chi connectivity index (χ4n) is 1.21. The summed E-state index contributed by atoms with van der Waals surface area (Å²) in [6.45, 7) is 4.03. The molecule has 2 aromatic heterocycles. The molecule has 0 aromatic carbocycles. The SMILES string of the molecule is Cc1csc(C(C)Nc2ncc(Br)cn2)n1. The molecule has 0 aliphatic heterocycles. The summed E-state index contributed by atoms with van der Waals surface area (Å²) in [5.41, 5.74) is 1.05. The molecule has 2 aromatic rings. The molecule has 0 radical (unpaired) electrons. The van der Waals surface area contributed by atoms with Gasteiger partial charge in [0.15, 0.2) is 0 Å². The van der Waals surface area contributed by atoms with Gasteiger partial charge in [0.1, 0.15) is 5.01 Å². The van der Waals surface area contributed by atoms with Crippen LogP contribution in [0.4, 0.5) is 5.95 Å². The van der Waals surface area contributed by atoms with Crippen molar-refractivity contribution in [3.05, 3.63) is 32.9 Å². The third kappa shape index (κ3) is 2.76. The Morgan fingerprint density at radius 2 is 2.06 bits per heavy atom. The van der Waals surface area contributed by atoms with Crippen molar-refractivity contribution in [2.45, 2.75) is 19.9 Å². The highest BCUT2D eigenvalue weighted by Gasteiger charge is 2.10. The second-order valence-corrected chi connectivity index (χ2v) is 5.22. The van der Waals surface area contributed by atoms with Crippen LogP contribution in [0.3, 0.4) is 0 Å². The quantitative estimate of drug-likeness (QED) is 0.945. The van der Waals surface area contributed by atoms with Gasteiger partial charge >= 0.3 is 0 Å². The Kier molecular flexibility index (Phi) is 3.50. The lowest BCUT2D eigenvalue weighted by Gasteiger charge is -2.10. The molecule has 1 unspecified atom stereocenters. The van der Waals surface area contributed by atoms with E-state index >= 15 is 0 Å². The molecule has 0 spiro atoms. The van der Waals surface area contributed by atoms with Crippen molar-refractivity contribution >= 4 is 33.2 Å². The molecule has 0 bridgehead atoms. The van der Waals surface area contributed by atoms with Crippen molar-refractivity contribution in [3.8, 4) is 0 Å². The van der Waals surface area contributed by atoms with E-state index in [1.807, 2.05) is 19.2 Å². The molecule has 0 fully saturated rings. The number of anilines is 1. The Morgan fingerprint density at radius 1 is 1.38 bits per heavy atom. The molecule has 1 atom stereocenters. The average Bonchev–Trinajstić information content (AvgIpc) is 2.68. The van der Waals surface area contributed by atoms with E-state index in [9.17, 15) is 0 Å². The minimum Gasteiger partial charge on any atom is -0.345 e. The third-order valence-electron chi connectivity index (χ3n) is 1.97. The average molecular weight is 299 g/mol. The van der Waals surface area contributed by atoms with E-state index < -0.39 is 0 Å². The van der Waals surface area contributed by atoms with E-state index in [0.717, 1.165) is 15.2 Å². The summed E-state index contributed by atoms with van der Waals surface area (Å²) in [4.78, 5) is 12.7. The summed E-state index contributed by atoms with van der Waals surface area (Å²) in [6.07, 6.45) is 3.43. The van der Waals surface area contributed by atoms with Crippen LogP contribution in [0, 0.1) is 6.92 Å². The van der Waals surface area contributed by atoms with Crippen LogP contribution < -0.4 is 5.32 Å².